The van der Waals surface area contributed by atoms with Gasteiger partial charge in [0.2, 0.25) is 0 Å². The molecule has 4 aromatic rings. The molecule has 2 aliphatic rings. The first-order chi connectivity index (χ1) is 20.2. The quantitative estimate of drug-likeness (QED) is 0.168. The molecule has 0 radical (unpaired) electrons. The molecule has 0 saturated heterocycles. The van der Waals surface area contributed by atoms with Gasteiger partial charge in [-0.1, -0.05) is 96.0 Å². The van der Waals surface area contributed by atoms with E-state index in [1.54, 1.807) is 0 Å². The Balaban J connectivity index is 0.000000165. The third-order valence-electron chi connectivity index (χ3n) is 8.19. The van der Waals surface area contributed by atoms with Crippen molar-refractivity contribution in [2.24, 2.45) is 5.92 Å². The van der Waals surface area contributed by atoms with Gasteiger partial charge in [-0.3, -0.25) is 6.08 Å². The molecule has 0 fully saturated rings. The van der Waals surface area contributed by atoms with E-state index in [1.807, 2.05) is 0 Å². The molecule has 0 amide bonds. The molecule has 2 aliphatic carbocycles. The van der Waals surface area contributed by atoms with Crippen LogP contribution in [0.2, 0.25) is 0 Å². The van der Waals surface area contributed by atoms with Gasteiger partial charge in [0, 0.05) is 0 Å². The summed E-state index contributed by atoms with van der Waals surface area (Å²) in [4.78, 5) is 0. The van der Waals surface area contributed by atoms with Gasteiger partial charge in [-0.2, -0.15) is 35.4 Å². The normalized spacial score (nSPS) is 15.2. The molecule has 1 atom stereocenters. The van der Waals surface area contributed by atoms with Crippen LogP contribution >= 0.6 is 0 Å². The summed E-state index contributed by atoms with van der Waals surface area (Å²) in [5, 5.41) is 0. The molecule has 0 spiro atoms. The Morgan fingerprint density at radius 1 is 0.721 bits per heavy atom. The Hall–Kier alpha value is -2.89. The molecular formula is C42H46Zr. The second kappa shape index (κ2) is 13.8. The zero-order valence-corrected chi connectivity index (χ0v) is 30.0. The Kier molecular flexibility index (Phi) is 10.6. The van der Waals surface area contributed by atoms with Gasteiger partial charge in [-0.15, -0.1) is 12.5 Å². The average Bonchev–Trinajstić information content (AvgIpc) is 3.49. The fraction of sp³-hybridized carbons (Fsp3) is 0.310. The summed E-state index contributed by atoms with van der Waals surface area (Å²) in [5.74, 6) is 0.551. The monoisotopic (exact) mass is 640 g/mol. The summed E-state index contributed by atoms with van der Waals surface area (Å²) in [6.07, 6.45) is 6.55. The molecule has 43 heavy (non-hydrogen) atoms. The van der Waals surface area contributed by atoms with E-state index in [0.717, 1.165) is 6.42 Å². The van der Waals surface area contributed by atoms with Gasteiger partial charge in [0.05, 0.1) is 0 Å². The van der Waals surface area contributed by atoms with Crippen LogP contribution in [0.4, 0.5) is 0 Å². The van der Waals surface area contributed by atoms with Crippen molar-refractivity contribution in [2.45, 2.75) is 79.6 Å². The number of hydrogen-bond acceptors (Lipinski definition) is 0. The molecule has 0 saturated carbocycles. The Labute approximate surface area is 276 Å². The van der Waals surface area contributed by atoms with Crippen LogP contribution in [-0.2, 0) is 41.5 Å². The van der Waals surface area contributed by atoms with Crippen molar-refractivity contribution in [1.82, 2.24) is 0 Å². The molecule has 1 unspecified atom stereocenters. The minimum atomic E-state index is 0.177. The first-order valence-corrected chi connectivity index (χ1v) is 16.6. The fourth-order valence-electron chi connectivity index (χ4n) is 5.36. The number of benzene rings is 4. The van der Waals surface area contributed by atoms with E-state index < -0.39 is 0 Å². The van der Waals surface area contributed by atoms with Crippen molar-refractivity contribution in [3.8, 4) is 11.1 Å². The van der Waals surface area contributed by atoms with Gasteiger partial charge < -0.3 is 0 Å². The van der Waals surface area contributed by atoms with Crippen molar-refractivity contribution < 1.29 is 24.2 Å². The second-order valence-corrected chi connectivity index (χ2v) is 15.1. The summed E-state index contributed by atoms with van der Waals surface area (Å²) in [5.41, 5.74) is 14.1. The molecule has 0 heterocycles. The van der Waals surface area contributed by atoms with Crippen molar-refractivity contribution in [3.05, 3.63) is 154 Å². The van der Waals surface area contributed by atoms with E-state index >= 15 is 0 Å². The van der Waals surface area contributed by atoms with E-state index in [1.165, 1.54) is 83.1 Å². The van der Waals surface area contributed by atoms with Gasteiger partial charge in [0.15, 0.2) is 0 Å². The van der Waals surface area contributed by atoms with E-state index in [2.05, 4.69) is 172 Å². The summed E-state index contributed by atoms with van der Waals surface area (Å²) in [6, 6.07) is 36.2. The topological polar surface area (TPSA) is 0 Å². The zero-order valence-electron chi connectivity index (χ0n) is 27.5. The van der Waals surface area contributed by atoms with E-state index in [9.17, 15) is 0 Å². The third kappa shape index (κ3) is 8.61. The predicted molar refractivity (Wildman–Crippen MR) is 182 cm³/mol. The number of fused-ring (bicyclic) bond motifs is 3. The molecule has 0 aromatic heterocycles. The van der Waals surface area contributed by atoms with Crippen molar-refractivity contribution >= 4 is 3.21 Å². The van der Waals surface area contributed by atoms with Gasteiger partial charge >= 0.3 is 99.2 Å². The van der Waals surface area contributed by atoms with Gasteiger partial charge in [0.1, 0.15) is 0 Å². The fourth-order valence-corrected chi connectivity index (χ4v) is 6.18. The molecule has 218 valence electrons. The molecule has 0 aliphatic heterocycles. The van der Waals surface area contributed by atoms with Crippen molar-refractivity contribution in [2.75, 3.05) is 0 Å². The molecule has 0 N–H and O–H groups in total. The first-order valence-electron chi connectivity index (χ1n) is 15.4. The van der Waals surface area contributed by atoms with Crippen molar-refractivity contribution in [3.63, 3.8) is 0 Å². The summed E-state index contributed by atoms with van der Waals surface area (Å²) in [7, 11) is 0. The van der Waals surface area contributed by atoms with Crippen LogP contribution in [-0.4, -0.2) is 3.21 Å². The molecular weight excluding hydrogens is 596 g/mol. The Morgan fingerprint density at radius 2 is 1.26 bits per heavy atom. The van der Waals surface area contributed by atoms with Crippen LogP contribution in [0.3, 0.4) is 0 Å². The van der Waals surface area contributed by atoms with Crippen molar-refractivity contribution in [1.29, 1.82) is 0 Å². The maximum absolute atomic E-state index is 3.53. The summed E-state index contributed by atoms with van der Waals surface area (Å²) in [6.45, 7) is 20.0. The summed E-state index contributed by atoms with van der Waals surface area (Å²) < 4.78 is 1.42. The number of allylic oxidation sites excluding steroid dienone is 4. The second-order valence-electron chi connectivity index (χ2n) is 13.8. The van der Waals surface area contributed by atoms with Gasteiger partial charge in [0.25, 0.3) is 0 Å². The van der Waals surface area contributed by atoms with E-state index in [-0.39, 0.29) is 10.8 Å². The minimum absolute atomic E-state index is 0.177. The van der Waals surface area contributed by atoms with E-state index in [4.69, 9.17) is 0 Å². The molecule has 6 rings (SSSR count). The average molecular weight is 642 g/mol. The zero-order chi connectivity index (χ0) is 31.4. The van der Waals surface area contributed by atoms with Gasteiger partial charge in [-0.05, 0) is 17.4 Å². The van der Waals surface area contributed by atoms with Crippen LogP contribution in [0.5, 0.6) is 0 Å². The third-order valence-corrected chi connectivity index (χ3v) is 9.61. The molecule has 1 heteroatoms. The Morgan fingerprint density at radius 3 is 1.70 bits per heavy atom. The first kappa shape index (κ1) is 33.0. The predicted octanol–water partition coefficient (Wildman–Crippen LogP) is 10.8. The van der Waals surface area contributed by atoms with Crippen LogP contribution < -0.4 is 0 Å². The molecule has 0 bridgehead atoms. The number of hydrogen-bond donors (Lipinski definition) is 0. The molecule has 4 aromatic carbocycles. The van der Waals surface area contributed by atoms with E-state index in [0.29, 0.717) is 5.92 Å². The number of rotatable bonds is 2. The Bertz CT molecular complexity index is 1500. The standard InChI is InChI=1S/C21H25.C13H10.C8H11.Zr/c1-20(2,3)16-9-7-14-11-15-8-10-17(21(4,5)6)13-19(15)18(14)12-16;1-3-7-12(8-4-1)11-13-9-5-2-6-10-13;1-6-4-7(2)8(3)5-6;/h7,9-10,12-13H,11H2,1-6H3;1-10H;4,6H,1-3H3;/q-1;;-1;+2. The summed E-state index contributed by atoms with van der Waals surface area (Å²) >= 11 is 1.46. The van der Waals surface area contributed by atoms with Crippen LogP contribution in [0.15, 0.2) is 108 Å². The van der Waals surface area contributed by atoms with Crippen LogP contribution in [0.25, 0.3) is 11.1 Å². The van der Waals surface area contributed by atoms with Crippen LogP contribution in [0, 0.1) is 18.1 Å². The maximum atomic E-state index is 3.53. The van der Waals surface area contributed by atoms with Gasteiger partial charge in [-0.25, -0.2) is 11.1 Å². The molecule has 0 nitrogen and oxygen atoms in total. The van der Waals surface area contributed by atoms with Crippen LogP contribution in [0.1, 0.15) is 95.7 Å². The SMILES string of the molecule is CC(C)(C)c1c[c-]c2c(c1)-c1cc(C(C)(C)C)ccc1C2.CC1=[C-]C(C)C=C1C.[Zr+2]=[C](c1ccccc1)c1ccccc1.